The number of likely N-dealkylation sites (N-methyl/N-ethyl adjacent to an activating group) is 1. The lowest BCUT2D eigenvalue weighted by Crippen LogP contribution is -2.40. The van der Waals surface area contributed by atoms with E-state index in [0.717, 1.165) is 56.6 Å². The number of rotatable bonds is 8. The average molecular weight is 421 g/mol. The largest absolute Gasteiger partial charge is 0.494 e. The van der Waals surface area contributed by atoms with Crippen molar-refractivity contribution in [1.29, 1.82) is 0 Å². The van der Waals surface area contributed by atoms with Gasteiger partial charge in [-0.1, -0.05) is 31.5 Å². The Kier molecular flexibility index (Phi) is 7.29. The van der Waals surface area contributed by atoms with Gasteiger partial charge in [0.05, 0.1) is 6.61 Å². The minimum Gasteiger partial charge on any atom is -0.494 e. The highest BCUT2D eigenvalue weighted by Crippen LogP contribution is 2.27. The molecule has 2 aliphatic rings. The number of fused-ring (bicyclic) bond motifs is 1. The summed E-state index contributed by atoms with van der Waals surface area (Å²) >= 11 is 0. The number of hydrogen-bond acceptors (Lipinski definition) is 3. The maximum Gasteiger partial charge on any atom is 0.253 e. The van der Waals surface area contributed by atoms with Crippen LogP contribution in [-0.4, -0.2) is 48.5 Å². The average Bonchev–Trinajstić information content (AvgIpc) is 3.31. The molecule has 4 rings (SSSR count). The van der Waals surface area contributed by atoms with Crippen molar-refractivity contribution >= 4 is 5.91 Å². The fraction of sp³-hybridized carbons (Fsp3) is 0.519. The topological polar surface area (TPSA) is 32.8 Å². The second-order valence-corrected chi connectivity index (χ2v) is 9.13. The lowest BCUT2D eigenvalue weighted by Gasteiger charge is -2.33. The second-order valence-electron chi connectivity index (χ2n) is 9.13. The standard InChI is InChI=1S/C27H36N2O2/c1-3-4-17-31-26-13-10-22(11-14-26)27(30)28(2)25-12-9-23-18-21(7-8-24(23)19-25)20-29-15-5-6-16-29/h7-8,10-11,13-14,18,25H,3-6,9,12,15-17,19-20H2,1-2H3/t25-/m0/s1. The number of carbonyl (C=O) groups is 1. The molecule has 1 amide bonds. The SMILES string of the molecule is CCCCOc1ccc(C(=O)N(C)[C@H]2CCc3cc(CN4CCCC4)ccc3C2)cc1. The Morgan fingerprint density at radius 3 is 2.61 bits per heavy atom. The van der Waals surface area contributed by atoms with E-state index in [9.17, 15) is 4.79 Å². The monoisotopic (exact) mass is 420 g/mol. The first kappa shape index (κ1) is 21.9. The zero-order valence-corrected chi connectivity index (χ0v) is 19.1. The molecule has 166 valence electrons. The molecule has 2 aromatic carbocycles. The summed E-state index contributed by atoms with van der Waals surface area (Å²) in [5.74, 6) is 0.934. The van der Waals surface area contributed by atoms with E-state index >= 15 is 0 Å². The maximum atomic E-state index is 13.1. The molecule has 0 unspecified atom stereocenters. The van der Waals surface area contributed by atoms with Crippen molar-refractivity contribution < 1.29 is 9.53 Å². The quantitative estimate of drug-likeness (QED) is 0.558. The summed E-state index contributed by atoms with van der Waals surface area (Å²) in [6, 6.07) is 14.9. The van der Waals surface area contributed by atoms with Crippen LogP contribution in [0.5, 0.6) is 5.75 Å². The van der Waals surface area contributed by atoms with Crippen LogP contribution in [0.4, 0.5) is 0 Å². The van der Waals surface area contributed by atoms with E-state index in [1.165, 1.54) is 42.6 Å². The van der Waals surface area contributed by atoms with Crippen LogP contribution in [0.25, 0.3) is 0 Å². The predicted molar refractivity (Wildman–Crippen MR) is 126 cm³/mol. The Morgan fingerprint density at radius 2 is 1.87 bits per heavy atom. The third kappa shape index (κ3) is 5.48. The normalized spacial score (nSPS) is 18.6. The van der Waals surface area contributed by atoms with Crippen molar-refractivity contribution in [2.45, 2.75) is 64.5 Å². The highest BCUT2D eigenvalue weighted by Gasteiger charge is 2.26. The highest BCUT2D eigenvalue weighted by atomic mass is 16.5. The van der Waals surface area contributed by atoms with Crippen LogP contribution in [0.3, 0.4) is 0 Å². The van der Waals surface area contributed by atoms with Crippen LogP contribution in [0.2, 0.25) is 0 Å². The summed E-state index contributed by atoms with van der Waals surface area (Å²) in [5.41, 5.74) is 5.05. The van der Waals surface area contributed by atoms with Crippen LogP contribution in [0.1, 0.15) is 66.1 Å². The second kappa shape index (κ2) is 10.3. The van der Waals surface area contributed by atoms with Crippen molar-refractivity contribution in [1.82, 2.24) is 9.80 Å². The molecule has 4 nitrogen and oxygen atoms in total. The van der Waals surface area contributed by atoms with E-state index in [2.05, 4.69) is 30.0 Å². The molecule has 0 N–H and O–H groups in total. The molecule has 1 heterocycles. The van der Waals surface area contributed by atoms with Gasteiger partial charge in [-0.15, -0.1) is 0 Å². The number of aryl methyl sites for hydroxylation is 1. The molecule has 0 radical (unpaired) electrons. The lowest BCUT2D eigenvalue weighted by atomic mass is 9.86. The van der Waals surface area contributed by atoms with Crippen molar-refractivity contribution in [3.63, 3.8) is 0 Å². The summed E-state index contributed by atoms with van der Waals surface area (Å²) < 4.78 is 5.72. The molecular formula is C27H36N2O2. The van der Waals surface area contributed by atoms with Gasteiger partial charge in [0.2, 0.25) is 0 Å². The zero-order valence-electron chi connectivity index (χ0n) is 19.1. The molecule has 1 fully saturated rings. The van der Waals surface area contributed by atoms with E-state index in [1.807, 2.05) is 36.2 Å². The molecule has 0 aromatic heterocycles. The predicted octanol–water partition coefficient (Wildman–Crippen LogP) is 5.09. The molecule has 0 spiro atoms. The molecule has 0 bridgehead atoms. The van der Waals surface area contributed by atoms with Crippen LogP contribution in [0, 0.1) is 0 Å². The molecule has 1 saturated heterocycles. The molecule has 31 heavy (non-hydrogen) atoms. The summed E-state index contributed by atoms with van der Waals surface area (Å²) in [6.45, 7) is 6.42. The summed E-state index contributed by atoms with van der Waals surface area (Å²) in [7, 11) is 1.95. The Hall–Kier alpha value is -2.33. The van der Waals surface area contributed by atoms with Crippen molar-refractivity contribution in [2.75, 3.05) is 26.7 Å². The number of likely N-dealkylation sites (tertiary alicyclic amines) is 1. The molecule has 1 aliphatic heterocycles. The summed E-state index contributed by atoms with van der Waals surface area (Å²) in [4.78, 5) is 17.5. The Bertz CT molecular complexity index is 871. The van der Waals surface area contributed by atoms with Crippen molar-refractivity contribution in [3.8, 4) is 5.75 Å². The minimum atomic E-state index is 0.0965. The molecule has 4 heteroatoms. The van der Waals surface area contributed by atoms with E-state index in [1.54, 1.807) is 0 Å². The van der Waals surface area contributed by atoms with E-state index in [0.29, 0.717) is 0 Å². The van der Waals surface area contributed by atoms with E-state index in [4.69, 9.17) is 4.74 Å². The Labute approximate surface area is 187 Å². The van der Waals surface area contributed by atoms with Gasteiger partial charge in [0.25, 0.3) is 5.91 Å². The summed E-state index contributed by atoms with van der Waals surface area (Å²) in [5, 5.41) is 0. The molecule has 0 saturated carbocycles. The van der Waals surface area contributed by atoms with Gasteiger partial charge in [-0.2, -0.15) is 0 Å². The number of unbranched alkanes of at least 4 members (excludes halogenated alkanes) is 1. The molecule has 1 atom stereocenters. The Morgan fingerprint density at radius 1 is 1.10 bits per heavy atom. The van der Waals surface area contributed by atoms with Gasteiger partial charge in [0.1, 0.15) is 5.75 Å². The van der Waals surface area contributed by atoms with E-state index in [-0.39, 0.29) is 11.9 Å². The first-order valence-corrected chi connectivity index (χ1v) is 12.0. The first-order chi connectivity index (χ1) is 15.1. The van der Waals surface area contributed by atoms with Crippen LogP contribution in [0.15, 0.2) is 42.5 Å². The number of nitrogens with zero attached hydrogens (tertiary/aromatic N) is 2. The first-order valence-electron chi connectivity index (χ1n) is 12.0. The number of benzene rings is 2. The number of ether oxygens (including phenoxy) is 1. The van der Waals surface area contributed by atoms with Crippen LogP contribution in [-0.2, 0) is 19.4 Å². The number of carbonyl (C=O) groups excluding carboxylic acids is 1. The molecular weight excluding hydrogens is 384 g/mol. The van der Waals surface area contributed by atoms with Gasteiger partial charge in [-0.05, 0) is 92.6 Å². The Balaban J connectivity index is 1.35. The van der Waals surface area contributed by atoms with Gasteiger partial charge < -0.3 is 9.64 Å². The van der Waals surface area contributed by atoms with Gasteiger partial charge >= 0.3 is 0 Å². The van der Waals surface area contributed by atoms with Gasteiger partial charge in [-0.3, -0.25) is 9.69 Å². The van der Waals surface area contributed by atoms with E-state index < -0.39 is 0 Å². The van der Waals surface area contributed by atoms with Gasteiger partial charge in [0, 0.05) is 25.2 Å². The van der Waals surface area contributed by atoms with Crippen molar-refractivity contribution in [2.24, 2.45) is 0 Å². The maximum absolute atomic E-state index is 13.1. The molecule has 2 aromatic rings. The van der Waals surface area contributed by atoms with Crippen LogP contribution < -0.4 is 4.74 Å². The highest BCUT2D eigenvalue weighted by molar-refractivity contribution is 5.94. The smallest absolute Gasteiger partial charge is 0.253 e. The third-order valence-corrected chi connectivity index (χ3v) is 6.81. The zero-order chi connectivity index (χ0) is 21.6. The number of amides is 1. The van der Waals surface area contributed by atoms with Gasteiger partial charge in [0.15, 0.2) is 0 Å². The molecule has 1 aliphatic carbocycles. The van der Waals surface area contributed by atoms with Crippen LogP contribution >= 0.6 is 0 Å². The summed E-state index contributed by atoms with van der Waals surface area (Å²) in [6.07, 6.45) is 7.86. The fourth-order valence-electron chi connectivity index (χ4n) is 4.81. The number of hydrogen-bond donors (Lipinski definition) is 0. The minimum absolute atomic E-state index is 0.0965. The van der Waals surface area contributed by atoms with Crippen molar-refractivity contribution in [3.05, 3.63) is 64.7 Å². The fourth-order valence-corrected chi connectivity index (χ4v) is 4.81. The third-order valence-electron chi connectivity index (χ3n) is 6.81. The lowest BCUT2D eigenvalue weighted by molar-refractivity contribution is 0.0719. The van der Waals surface area contributed by atoms with Gasteiger partial charge in [-0.25, -0.2) is 0 Å².